The minimum absolute atomic E-state index is 0.0669. The van der Waals surface area contributed by atoms with Crippen LogP contribution in [0.25, 0.3) is 0 Å². The Morgan fingerprint density at radius 3 is 2.53 bits per heavy atom. The zero-order valence-corrected chi connectivity index (χ0v) is 19.1. The third-order valence-electron chi connectivity index (χ3n) is 7.30. The summed E-state index contributed by atoms with van der Waals surface area (Å²) in [4.78, 5) is 30.4. The number of aryl methyl sites for hydroxylation is 2. The Morgan fingerprint density at radius 2 is 1.88 bits per heavy atom. The molecule has 7 nitrogen and oxygen atoms in total. The van der Waals surface area contributed by atoms with Crippen molar-refractivity contribution in [3.8, 4) is 0 Å². The van der Waals surface area contributed by atoms with Gasteiger partial charge >= 0.3 is 0 Å². The summed E-state index contributed by atoms with van der Waals surface area (Å²) < 4.78 is 1.78. The molecule has 1 N–H and O–H groups in total. The summed E-state index contributed by atoms with van der Waals surface area (Å²) in [5.74, 6) is 0.846. The molecule has 1 saturated carbocycles. The number of rotatable bonds is 7. The van der Waals surface area contributed by atoms with Crippen LogP contribution in [0.4, 0.5) is 0 Å². The van der Waals surface area contributed by atoms with E-state index < -0.39 is 0 Å². The number of carbonyl (C=O) groups is 2. The number of hydrogen-bond donors (Lipinski definition) is 1. The van der Waals surface area contributed by atoms with Gasteiger partial charge in [0.1, 0.15) is 6.54 Å². The first-order valence-electron chi connectivity index (χ1n) is 11.7. The zero-order valence-electron chi connectivity index (χ0n) is 19.1. The van der Waals surface area contributed by atoms with Crippen LogP contribution in [0.3, 0.4) is 0 Å². The van der Waals surface area contributed by atoms with Crippen LogP contribution in [0.2, 0.25) is 0 Å². The highest BCUT2D eigenvalue weighted by atomic mass is 16.2. The molecule has 2 aromatic rings. The Bertz CT molecular complexity index is 991. The topological polar surface area (TPSA) is 70.5 Å². The molecule has 0 bridgehead atoms. The first-order valence-corrected chi connectivity index (χ1v) is 11.7. The highest BCUT2D eigenvalue weighted by molar-refractivity contribution is 5.82. The van der Waals surface area contributed by atoms with Crippen LogP contribution >= 0.6 is 0 Å². The van der Waals surface area contributed by atoms with Gasteiger partial charge in [-0.05, 0) is 44.2 Å². The minimum Gasteiger partial charge on any atom is -0.356 e. The lowest BCUT2D eigenvalue weighted by Gasteiger charge is -2.50. The number of hydrogen-bond acceptors (Lipinski definition) is 4. The highest BCUT2D eigenvalue weighted by Crippen LogP contribution is 2.45. The van der Waals surface area contributed by atoms with E-state index in [1.54, 1.807) is 4.68 Å². The van der Waals surface area contributed by atoms with Crippen LogP contribution in [-0.2, 0) is 22.7 Å². The SMILES string of the molecule is Cc1cc(C)n(CC(=O)N2CC3(CN(Cc4ccccc4)CC3C(=O)NCC3CC3)C2)n1. The third kappa shape index (κ3) is 4.31. The minimum atomic E-state index is -0.146. The molecule has 0 radical (unpaired) electrons. The van der Waals surface area contributed by atoms with Crippen molar-refractivity contribution in [2.24, 2.45) is 17.3 Å². The molecule has 1 atom stereocenters. The summed E-state index contributed by atoms with van der Waals surface area (Å²) in [5, 5.41) is 7.63. The van der Waals surface area contributed by atoms with E-state index in [0.717, 1.165) is 37.6 Å². The molecule has 2 aliphatic heterocycles. The van der Waals surface area contributed by atoms with E-state index >= 15 is 0 Å². The standard InChI is InChI=1S/C25H33N5O2/c1-18-10-19(2)30(27-18)14-23(31)29-16-25(17-29)15-28(12-21-6-4-3-5-7-21)13-22(25)24(32)26-11-20-8-9-20/h3-7,10,20,22H,8-9,11-17H2,1-2H3,(H,26,32). The van der Waals surface area contributed by atoms with E-state index in [9.17, 15) is 9.59 Å². The van der Waals surface area contributed by atoms with Crippen molar-refractivity contribution in [1.82, 2.24) is 24.9 Å². The normalized spacial score (nSPS) is 22.2. The number of aromatic nitrogens is 2. The van der Waals surface area contributed by atoms with Gasteiger partial charge in [-0.25, -0.2) is 0 Å². The maximum Gasteiger partial charge on any atom is 0.244 e. The van der Waals surface area contributed by atoms with E-state index in [2.05, 4.69) is 39.6 Å². The first kappa shape index (κ1) is 21.2. The fourth-order valence-electron chi connectivity index (χ4n) is 5.36. The Labute approximate surface area is 189 Å². The molecule has 3 aliphatic rings. The number of amides is 2. The van der Waals surface area contributed by atoms with Gasteiger partial charge < -0.3 is 10.2 Å². The molecule has 3 fully saturated rings. The van der Waals surface area contributed by atoms with Crippen LogP contribution < -0.4 is 5.32 Å². The second kappa shape index (κ2) is 8.35. The van der Waals surface area contributed by atoms with Crippen LogP contribution in [0, 0.1) is 31.1 Å². The predicted molar refractivity (Wildman–Crippen MR) is 122 cm³/mol. The molecule has 2 saturated heterocycles. The largest absolute Gasteiger partial charge is 0.356 e. The fourth-order valence-corrected chi connectivity index (χ4v) is 5.36. The van der Waals surface area contributed by atoms with Gasteiger partial charge in [0.05, 0.1) is 11.6 Å². The monoisotopic (exact) mass is 435 g/mol. The maximum absolute atomic E-state index is 13.1. The quantitative estimate of drug-likeness (QED) is 0.722. The van der Waals surface area contributed by atoms with E-state index in [0.29, 0.717) is 19.0 Å². The number of benzene rings is 1. The fraction of sp³-hybridized carbons (Fsp3) is 0.560. The van der Waals surface area contributed by atoms with Gasteiger partial charge in [-0.3, -0.25) is 19.2 Å². The van der Waals surface area contributed by atoms with E-state index in [4.69, 9.17) is 0 Å². The molecule has 1 aromatic heterocycles. The van der Waals surface area contributed by atoms with E-state index in [-0.39, 0.29) is 29.7 Å². The van der Waals surface area contributed by atoms with Gasteiger partial charge in [0.15, 0.2) is 0 Å². The van der Waals surface area contributed by atoms with Crippen LogP contribution in [0.1, 0.15) is 29.8 Å². The zero-order chi connectivity index (χ0) is 22.3. The number of nitrogens with zero attached hydrogens (tertiary/aromatic N) is 4. The average molecular weight is 436 g/mol. The lowest BCUT2D eigenvalue weighted by Crippen LogP contribution is -2.64. The lowest BCUT2D eigenvalue weighted by atomic mass is 9.71. The Kier molecular flexibility index (Phi) is 5.53. The van der Waals surface area contributed by atoms with Crippen molar-refractivity contribution in [2.75, 3.05) is 32.7 Å². The van der Waals surface area contributed by atoms with E-state index in [1.807, 2.05) is 30.9 Å². The summed E-state index contributed by atoms with van der Waals surface area (Å²) >= 11 is 0. The van der Waals surface area contributed by atoms with Crippen molar-refractivity contribution in [1.29, 1.82) is 0 Å². The molecule has 2 amide bonds. The smallest absolute Gasteiger partial charge is 0.244 e. The molecule has 1 unspecified atom stereocenters. The van der Waals surface area contributed by atoms with Crippen molar-refractivity contribution in [2.45, 2.75) is 39.8 Å². The molecule has 5 rings (SSSR count). The highest BCUT2D eigenvalue weighted by Gasteiger charge is 2.57. The first-order chi connectivity index (χ1) is 15.4. The predicted octanol–water partition coefficient (Wildman–Crippen LogP) is 1.99. The Morgan fingerprint density at radius 1 is 1.12 bits per heavy atom. The van der Waals surface area contributed by atoms with Crippen LogP contribution in [0.5, 0.6) is 0 Å². The number of nitrogens with one attached hydrogen (secondary N) is 1. The number of likely N-dealkylation sites (tertiary alicyclic amines) is 2. The van der Waals surface area contributed by atoms with Crippen LogP contribution in [0.15, 0.2) is 36.4 Å². The second-order valence-corrected chi connectivity index (χ2v) is 10.1. The molecular weight excluding hydrogens is 402 g/mol. The Hall–Kier alpha value is -2.67. The summed E-state index contributed by atoms with van der Waals surface area (Å²) in [6.45, 7) is 8.73. The van der Waals surface area contributed by atoms with Gasteiger partial charge in [0, 0.05) is 50.4 Å². The molecule has 7 heteroatoms. The van der Waals surface area contributed by atoms with Gasteiger partial charge in [-0.15, -0.1) is 0 Å². The summed E-state index contributed by atoms with van der Waals surface area (Å²) in [6, 6.07) is 12.4. The molecule has 1 aliphatic carbocycles. The average Bonchev–Trinajstić information content (AvgIpc) is 3.41. The van der Waals surface area contributed by atoms with Gasteiger partial charge in [-0.1, -0.05) is 30.3 Å². The molecule has 170 valence electrons. The molecule has 3 heterocycles. The number of carbonyl (C=O) groups excluding carboxylic acids is 2. The summed E-state index contributed by atoms with van der Waals surface area (Å²) in [5.41, 5.74) is 3.04. The van der Waals surface area contributed by atoms with E-state index in [1.165, 1.54) is 18.4 Å². The molecular formula is C25H33N5O2. The van der Waals surface area contributed by atoms with Crippen molar-refractivity contribution < 1.29 is 9.59 Å². The van der Waals surface area contributed by atoms with Crippen molar-refractivity contribution >= 4 is 11.8 Å². The molecule has 1 spiro atoms. The van der Waals surface area contributed by atoms with Gasteiger partial charge in [-0.2, -0.15) is 5.10 Å². The third-order valence-corrected chi connectivity index (χ3v) is 7.30. The van der Waals surface area contributed by atoms with Gasteiger partial charge in [0.25, 0.3) is 0 Å². The lowest BCUT2D eigenvalue weighted by molar-refractivity contribution is -0.150. The van der Waals surface area contributed by atoms with Crippen LogP contribution in [-0.4, -0.2) is 64.1 Å². The summed E-state index contributed by atoms with van der Waals surface area (Å²) in [6.07, 6.45) is 2.45. The second-order valence-electron chi connectivity index (χ2n) is 10.1. The van der Waals surface area contributed by atoms with Gasteiger partial charge in [0.2, 0.25) is 11.8 Å². The van der Waals surface area contributed by atoms with Crippen molar-refractivity contribution in [3.63, 3.8) is 0 Å². The Balaban J connectivity index is 1.25. The maximum atomic E-state index is 13.1. The molecule has 32 heavy (non-hydrogen) atoms. The molecule has 1 aromatic carbocycles. The summed E-state index contributed by atoms with van der Waals surface area (Å²) in [7, 11) is 0. The van der Waals surface area contributed by atoms with Crippen molar-refractivity contribution in [3.05, 3.63) is 53.3 Å².